The van der Waals surface area contributed by atoms with Crippen LogP contribution in [-0.4, -0.2) is 0 Å². The Morgan fingerprint density at radius 3 is 2.02 bits per heavy atom. The monoisotopic (exact) mass is 587 g/mol. The molecule has 0 spiro atoms. The van der Waals surface area contributed by atoms with Gasteiger partial charge in [0, 0.05) is 16.3 Å². The first-order chi connectivity index (χ1) is 26.8. The number of furan rings is 1. The predicted molar refractivity (Wildman–Crippen MR) is 194 cm³/mol. The lowest BCUT2D eigenvalue weighted by atomic mass is 9.84. The summed E-state index contributed by atoms with van der Waals surface area (Å²) in [6.07, 6.45) is 5.87. The second kappa shape index (κ2) is 11.1. The van der Waals surface area contributed by atoms with Crippen molar-refractivity contribution in [1.29, 1.82) is 0 Å². The molecule has 0 saturated carbocycles. The number of fused-ring (bicyclic) bond motifs is 5. The second-order valence-electron chi connectivity index (χ2n) is 10.8. The average Bonchev–Trinajstić information content (AvgIpc) is 3.59. The molecule has 45 heavy (non-hydrogen) atoms. The van der Waals surface area contributed by atoms with Gasteiger partial charge in [-0.3, -0.25) is 0 Å². The first-order valence-corrected chi connectivity index (χ1v) is 14.7. The summed E-state index contributed by atoms with van der Waals surface area (Å²) >= 11 is 0. The van der Waals surface area contributed by atoms with E-state index in [0.717, 1.165) is 21.9 Å². The van der Waals surface area contributed by atoms with E-state index >= 15 is 0 Å². The van der Waals surface area contributed by atoms with Crippen LogP contribution < -0.4 is 0 Å². The first-order valence-electron chi connectivity index (χ1n) is 20.2. The molecule has 0 saturated heterocycles. The molecule has 0 aliphatic heterocycles. The normalized spacial score (nSPS) is 15.7. The quantitative estimate of drug-likeness (QED) is 0.144. The predicted octanol–water partition coefficient (Wildman–Crippen LogP) is 12.9. The highest BCUT2D eigenvalue weighted by Crippen LogP contribution is 2.48. The van der Waals surface area contributed by atoms with Gasteiger partial charge in [-0.2, -0.15) is 0 Å². The first kappa shape index (κ1) is 17.6. The van der Waals surface area contributed by atoms with E-state index in [9.17, 15) is 2.74 Å². The van der Waals surface area contributed by atoms with E-state index in [1.165, 1.54) is 0 Å². The lowest BCUT2D eigenvalue weighted by Gasteiger charge is -2.19. The van der Waals surface area contributed by atoms with Crippen molar-refractivity contribution in [3.8, 4) is 33.4 Å². The summed E-state index contributed by atoms with van der Waals surface area (Å²) in [4.78, 5) is 0. The van der Waals surface area contributed by atoms with Gasteiger partial charge >= 0.3 is 0 Å². The number of benzene rings is 7. The average molecular weight is 588 g/mol. The number of rotatable bonds is 5. The third-order valence-corrected chi connectivity index (χ3v) is 8.25. The number of para-hydroxylation sites is 1. The van der Waals surface area contributed by atoms with Gasteiger partial charge in [0.15, 0.2) is 0 Å². The summed E-state index contributed by atoms with van der Waals surface area (Å²) in [5.41, 5.74) is 5.42. The topological polar surface area (TPSA) is 13.1 Å². The van der Waals surface area contributed by atoms with Gasteiger partial charge in [0.1, 0.15) is 11.2 Å². The van der Waals surface area contributed by atoms with E-state index in [1.54, 1.807) is 36.4 Å². The van der Waals surface area contributed by atoms with Crippen LogP contribution in [0.25, 0.3) is 82.4 Å². The zero-order valence-electron chi connectivity index (χ0n) is 35.6. The minimum atomic E-state index is -0.497. The van der Waals surface area contributed by atoms with E-state index < -0.39 is 30.2 Å². The van der Waals surface area contributed by atoms with Crippen LogP contribution in [-0.2, 0) is 0 Å². The van der Waals surface area contributed by atoms with Gasteiger partial charge in [0.05, 0.1) is 15.1 Å². The van der Waals surface area contributed by atoms with Crippen LogP contribution in [0.15, 0.2) is 162 Å². The fourth-order valence-corrected chi connectivity index (χ4v) is 6.21. The molecule has 1 aromatic heterocycles. The third-order valence-electron chi connectivity index (χ3n) is 8.25. The molecule has 0 bridgehead atoms. The van der Waals surface area contributed by atoms with E-state index in [0.29, 0.717) is 49.8 Å². The van der Waals surface area contributed by atoms with Gasteiger partial charge in [-0.25, -0.2) is 0 Å². The molecule has 7 aromatic carbocycles. The molecule has 1 heterocycles. The highest BCUT2D eigenvalue weighted by atomic mass is 16.3. The summed E-state index contributed by atoms with van der Waals surface area (Å²) in [6.45, 7) is 3.92. The molecule has 1 heteroatoms. The Kier molecular flexibility index (Phi) is 4.35. The maximum Gasteiger partial charge on any atom is 0.143 e. The summed E-state index contributed by atoms with van der Waals surface area (Å²) in [5.74, 6) is 0. The van der Waals surface area contributed by atoms with Crippen LogP contribution in [0, 0.1) is 0 Å². The Bertz CT molecular complexity index is 3020. The van der Waals surface area contributed by atoms with Crippen molar-refractivity contribution in [2.24, 2.45) is 0 Å². The SMILES string of the molecule is [2H]c1cc2c(-c3ccc(-c4c([2H])c([2H])c([2H])c([2H])c4[2H])cc3)c3c([2H])c([2H])c([2H])c([2H])c3c(-c3ccc(/C(C)=C/C=C\C)c4oc5ccccc5c34)c2cc1[2H]. The Morgan fingerprint density at radius 2 is 1.27 bits per heavy atom. The van der Waals surface area contributed by atoms with Crippen molar-refractivity contribution in [2.75, 3.05) is 0 Å². The van der Waals surface area contributed by atoms with E-state index in [2.05, 4.69) is 0 Å². The molecular weight excluding hydrogens is 544 g/mol. The minimum Gasteiger partial charge on any atom is -0.455 e. The molecule has 1 nitrogen and oxygen atoms in total. The highest BCUT2D eigenvalue weighted by molar-refractivity contribution is 6.26. The Hall–Kier alpha value is -5.66. The molecular formula is C44H32O. The number of hydrogen-bond acceptors (Lipinski definition) is 1. The van der Waals surface area contributed by atoms with E-state index in [1.807, 2.05) is 68.5 Å². The van der Waals surface area contributed by atoms with E-state index in [4.69, 9.17) is 16.8 Å². The maximum absolute atomic E-state index is 9.41. The van der Waals surface area contributed by atoms with Gasteiger partial charge in [0.25, 0.3) is 0 Å². The largest absolute Gasteiger partial charge is 0.455 e. The second-order valence-corrected chi connectivity index (χ2v) is 10.8. The van der Waals surface area contributed by atoms with E-state index in [-0.39, 0.29) is 52.6 Å². The fourth-order valence-electron chi connectivity index (χ4n) is 6.21. The molecule has 8 rings (SSSR count). The fraction of sp³-hybridized carbons (Fsp3) is 0.0455. The number of allylic oxidation sites excluding steroid dienone is 4. The minimum absolute atomic E-state index is 0.0254. The molecule has 0 amide bonds. The molecule has 0 N–H and O–H groups in total. The lowest BCUT2D eigenvalue weighted by molar-refractivity contribution is 0.667. The summed E-state index contributed by atoms with van der Waals surface area (Å²) in [6, 6.07) is 17.5. The Morgan fingerprint density at radius 1 is 0.600 bits per heavy atom. The maximum atomic E-state index is 9.41. The van der Waals surface area contributed by atoms with Crippen molar-refractivity contribution in [3.05, 3.63) is 163 Å². The van der Waals surface area contributed by atoms with Gasteiger partial charge in [-0.15, -0.1) is 0 Å². The van der Waals surface area contributed by atoms with Crippen molar-refractivity contribution in [3.63, 3.8) is 0 Å². The zero-order valence-corrected chi connectivity index (χ0v) is 24.6. The van der Waals surface area contributed by atoms with Crippen molar-refractivity contribution in [1.82, 2.24) is 0 Å². The zero-order chi connectivity index (χ0) is 39.9. The van der Waals surface area contributed by atoms with Crippen LogP contribution in [0.4, 0.5) is 0 Å². The molecule has 0 radical (unpaired) electrons. The standard InChI is InChI=1S/C44H32O/c1-3-4-14-29(2)33-27-28-39(43-38-21-12-13-22-40(38)45-44(33)43)42-36-19-10-8-17-34(36)41(35-18-9-11-20-37(35)42)32-25-23-31(24-26-32)30-15-6-5-7-16-30/h3-28H,1-2H3/b4-3-,29-14+/i5D,6D,7D,8D,9D,10D,11D,15D,16D,17D,19D. The Labute approximate surface area is 278 Å². The molecule has 0 atom stereocenters. The van der Waals surface area contributed by atoms with Crippen LogP contribution in [0.1, 0.15) is 34.5 Å². The van der Waals surface area contributed by atoms with Crippen LogP contribution in [0.2, 0.25) is 0 Å². The molecule has 214 valence electrons. The van der Waals surface area contributed by atoms with Gasteiger partial charge < -0.3 is 4.42 Å². The van der Waals surface area contributed by atoms with Gasteiger partial charge in [-0.1, -0.05) is 151 Å². The van der Waals surface area contributed by atoms with Crippen LogP contribution in [0.3, 0.4) is 0 Å². The Balaban J connectivity index is 1.53. The smallest absolute Gasteiger partial charge is 0.143 e. The summed E-state index contributed by atoms with van der Waals surface area (Å²) < 4.78 is 102. The van der Waals surface area contributed by atoms with Gasteiger partial charge in [0.2, 0.25) is 0 Å². The molecule has 0 fully saturated rings. The molecule has 0 aliphatic carbocycles. The van der Waals surface area contributed by atoms with Gasteiger partial charge in [-0.05, 0) is 80.4 Å². The van der Waals surface area contributed by atoms with Crippen molar-refractivity contribution in [2.45, 2.75) is 13.8 Å². The van der Waals surface area contributed by atoms with Crippen LogP contribution in [0.5, 0.6) is 0 Å². The van der Waals surface area contributed by atoms with Crippen molar-refractivity contribution >= 4 is 49.1 Å². The van der Waals surface area contributed by atoms with Crippen molar-refractivity contribution < 1.29 is 19.5 Å². The molecule has 8 aromatic rings. The van der Waals surface area contributed by atoms with Crippen LogP contribution >= 0.6 is 0 Å². The molecule has 0 unspecified atom stereocenters. The number of hydrogen-bond donors (Lipinski definition) is 0. The third kappa shape index (κ3) is 4.48. The molecule has 0 aliphatic rings. The lowest BCUT2D eigenvalue weighted by Crippen LogP contribution is -1.92. The summed E-state index contributed by atoms with van der Waals surface area (Å²) in [7, 11) is 0. The summed E-state index contributed by atoms with van der Waals surface area (Å²) in [5, 5.41) is 2.94. The highest BCUT2D eigenvalue weighted by Gasteiger charge is 2.22.